The molecule has 1 aromatic heterocycles. The third kappa shape index (κ3) is 4.58. The van der Waals surface area contributed by atoms with E-state index in [-0.39, 0.29) is 17.3 Å². The summed E-state index contributed by atoms with van der Waals surface area (Å²) in [7, 11) is 0. The Morgan fingerprint density at radius 2 is 1.78 bits per heavy atom. The first kappa shape index (κ1) is 18.3. The Labute approximate surface area is 157 Å². The maximum atomic E-state index is 11.7. The maximum Gasteiger partial charge on any atom is 0.353 e. The molecule has 3 aromatic rings. The van der Waals surface area contributed by atoms with Crippen LogP contribution in [0.3, 0.4) is 0 Å². The Morgan fingerprint density at radius 3 is 2.52 bits per heavy atom. The van der Waals surface area contributed by atoms with E-state index in [1.807, 2.05) is 62.4 Å². The molecule has 1 heterocycles. The second kappa shape index (κ2) is 8.27. The highest BCUT2D eigenvalue weighted by atomic mass is 16.6. The van der Waals surface area contributed by atoms with E-state index in [0.717, 1.165) is 28.8 Å². The lowest BCUT2D eigenvalue weighted by atomic mass is 10.1. The fourth-order valence-electron chi connectivity index (χ4n) is 2.74. The SMILES string of the molecule is Cc1ccc(C)c(Nc2ncnc(NCCc3ccccc3)c2[N+](=O)[O-])c1. The molecule has 0 saturated carbocycles. The van der Waals surface area contributed by atoms with Gasteiger partial charge in [0.1, 0.15) is 6.33 Å². The van der Waals surface area contributed by atoms with Gasteiger partial charge < -0.3 is 10.6 Å². The topological polar surface area (TPSA) is 93.0 Å². The molecule has 0 aliphatic rings. The Hall–Kier alpha value is -3.48. The van der Waals surface area contributed by atoms with Crippen LogP contribution in [0.15, 0.2) is 54.9 Å². The summed E-state index contributed by atoms with van der Waals surface area (Å²) >= 11 is 0. The molecule has 7 heteroatoms. The summed E-state index contributed by atoms with van der Waals surface area (Å²) in [6, 6.07) is 15.8. The van der Waals surface area contributed by atoms with Gasteiger partial charge >= 0.3 is 5.69 Å². The number of benzene rings is 2. The van der Waals surface area contributed by atoms with E-state index < -0.39 is 4.92 Å². The first-order valence-electron chi connectivity index (χ1n) is 8.66. The van der Waals surface area contributed by atoms with Crippen LogP contribution in [0, 0.1) is 24.0 Å². The number of hydrogen-bond donors (Lipinski definition) is 2. The third-order valence-electron chi connectivity index (χ3n) is 4.20. The molecule has 0 amide bonds. The van der Waals surface area contributed by atoms with Crippen molar-refractivity contribution in [2.45, 2.75) is 20.3 Å². The summed E-state index contributed by atoms with van der Waals surface area (Å²) in [5.41, 5.74) is 3.81. The van der Waals surface area contributed by atoms with Crippen LogP contribution >= 0.6 is 0 Å². The molecule has 0 radical (unpaired) electrons. The molecular weight excluding hydrogens is 342 g/mol. The van der Waals surface area contributed by atoms with Gasteiger partial charge in [-0.2, -0.15) is 0 Å². The third-order valence-corrected chi connectivity index (χ3v) is 4.20. The molecule has 2 N–H and O–H groups in total. The first-order valence-corrected chi connectivity index (χ1v) is 8.66. The predicted octanol–water partition coefficient (Wildman–Crippen LogP) is 4.40. The highest BCUT2D eigenvalue weighted by molar-refractivity contribution is 5.74. The van der Waals surface area contributed by atoms with Gasteiger partial charge in [-0.1, -0.05) is 42.5 Å². The van der Waals surface area contributed by atoms with Crippen molar-refractivity contribution in [2.24, 2.45) is 0 Å². The van der Waals surface area contributed by atoms with Gasteiger partial charge in [-0.15, -0.1) is 0 Å². The zero-order valence-electron chi connectivity index (χ0n) is 15.3. The van der Waals surface area contributed by atoms with Gasteiger partial charge in [0.2, 0.25) is 11.6 Å². The summed E-state index contributed by atoms with van der Waals surface area (Å²) < 4.78 is 0. The summed E-state index contributed by atoms with van der Waals surface area (Å²) in [4.78, 5) is 19.4. The Bertz CT molecular complexity index is 944. The number of rotatable bonds is 7. The molecule has 0 saturated heterocycles. The molecule has 0 unspecified atom stereocenters. The van der Waals surface area contributed by atoms with Crippen LogP contribution in [0.25, 0.3) is 0 Å². The molecule has 2 aromatic carbocycles. The molecule has 27 heavy (non-hydrogen) atoms. The van der Waals surface area contributed by atoms with E-state index in [0.29, 0.717) is 6.54 Å². The average molecular weight is 363 g/mol. The van der Waals surface area contributed by atoms with E-state index in [1.54, 1.807) is 0 Å². The van der Waals surface area contributed by atoms with Crippen LogP contribution in [-0.4, -0.2) is 21.4 Å². The first-order chi connectivity index (χ1) is 13.0. The van der Waals surface area contributed by atoms with Crippen molar-refractivity contribution in [3.8, 4) is 0 Å². The number of nitro groups is 1. The minimum Gasteiger partial charge on any atom is -0.364 e. The van der Waals surface area contributed by atoms with E-state index in [1.165, 1.54) is 6.33 Å². The molecule has 0 atom stereocenters. The number of aryl methyl sites for hydroxylation is 2. The van der Waals surface area contributed by atoms with Crippen LogP contribution < -0.4 is 10.6 Å². The molecule has 0 spiro atoms. The summed E-state index contributed by atoms with van der Waals surface area (Å²) in [5.74, 6) is 0.379. The standard InChI is InChI=1S/C20H21N5O2/c1-14-8-9-15(2)17(12-14)24-20-18(25(26)27)19(22-13-23-20)21-11-10-16-6-4-3-5-7-16/h3-9,12-13H,10-11H2,1-2H3,(H2,21,22,23,24). The minimum absolute atomic E-state index is 0.161. The second-order valence-corrected chi connectivity index (χ2v) is 6.28. The van der Waals surface area contributed by atoms with E-state index in [9.17, 15) is 10.1 Å². The van der Waals surface area contributed by atoms with Crippen LogP contribution in [0.1, 0.15) is 16.7 Å². The zero-order valence-corrected chi connectivity index (χ0v) is 15.3. The number of nitrogens with zero attached hydrogens (tertiary/aromatic N) is 3. The van der Waals surface area contributed by atoms with E-state index in [2.05, 4.69) is 20.6 Å². The van der Waals surface area contributed by atoms with Crippen LogP contribution in [0.5, 0.6) is 0 Å². The largest absolute Gasteiger partial charge is 0.364 e. The van der Waals surface area contributed by atoms with Crippen molar-refractivity contribution in [1.82, 2.24) is 9.97 Å². The van der Waals surface area contributed by atoms with E-state index >= 15 is 0 Å². The molecule has 3 rings (SSSR count). The molecule has 138 valence electrons. The minimum atomic E-state index is -0.460. The van der Waals surface area contributed by atoms with Crippen LogP contribution in [-0.2, 0) is 6.42 Å². The van der Waals surface area contributed by atoms with Gasteiger partial charge in [-0.25, -0.2) is 9.97 Å². The smallest absolute Gasteiger partial charge is 0.353 e. The van der Waals surface area contributed by atoms with Crippen molar-refractivity contribution in [3.63, 3.8) is 0 Å². The van der Waals surface area contributed by atoms with Gasteiger partial charge in [0.15, 0.2) is 0 Å². The van der Waals surface area contributed by atoms with Gasteiger partial charge in [0.05, 0.1) is 4.92 Å². The summed E-state index contributed by atoms with van der Waals surface area (Å²) in [6.07, 6.45) is 2.06. The van der Waals surface area contributed by atoms with E-state index in [4.69, 9.17) is 0 Å². The lowest BCUT2D eigenvalue weighted by Gasteiger charge is -2.12. The van der Waals surface area contributed by atoms with Crippen LogP contribution in [0.2, 0.25) is 0 Å². The molecule has 0 aliphatic heterocycles. The number of hydrogen-bond acceptors (Lipinski definition) is 6. The molecule has 7 nitrogen and oxygen atoms in total. The van der Waals surface area contributed by atoms with Crippen molar-refractivity contribution in [3.05, 3.63) is 81.7 Å². The monoisotopic (exact) mass is 363 g/mol. The van der Waals surface area contributed by atoms with Crippen molar-refractivity contribution in [2.75, 3.05) is 17.2 Å². The summed E-state index contributed by atoms with van der Waals surface area (Å²) in [6.45, 7) is 4.44. The normalized spacial score (nSPS) is 10.4. The maximum absolute atomic E-state index is 11.7. The molecule has 0 fully saturated rings. The Kier molecular flexibility index (Phi) is 5.61. The molecule has 0 aliphatic carbocycles. The lowest BCUT2D eigenvalue weighted by Crippen LogP contribution is -2.11. The van der Waals surface area contributed by atoms with Gasteiger partial charge in [-0.3, -0.25) is 10.1 Å². The van der Waals surface area contributed by atoms with Gasteiger partial charge in [0, 0.05) is 12.2 Å². The average Bonchev–Trinajstić information content (AvgIpc) is 2.65. The number of nitrogens with one attached hydrogen (secondary N) is 2. The fourth-order valence-corrected chi connectivity index (χ4v) is 2.74. The quantitative estimate of drug-likeness (QED) is 0.477. The van der Waals surface area contributed by atoms with Crippen molar-refractivity contribution < 1.29 is 4.92 Å². The highest BCUT2D eigenvalue weighted by Gasteiger charge is 2.23. The number of anilines is 3. The molecular formula is C20H21N5O2. The number of aromatic nitrogens is 2. The lowest BCUT2D eigenvalue weighted by molar-refractivity contribution is -0.383. The fraction of sp³-hybridized carbons (Fsp3) is 0.200. The summed E-state index contributed by atoms with van der Waals surface area (Å²) in [5, 5.41) is 17.8. The second-order valence-electron chi connectivity index (χ2n) is 6.28. The van der Waals surface area contributed by atoms with Gasteiger partial charge in [-0.05, 0) is 43.0 Å². The predicted molar refractivity (Wildman–Crippen MR) is 107 cm³/mol. The van der Waals surface area contributed by atoms with Crippen LogP contribution in [0.4, 0.5) is 23.0 Å². The van der Waals surface area contributed by atoms with Crippen molar-refractivity contribution >= 4 is 23.0 Å². The molecule has 0 bridgehead atoms. The zero-order chi connectivity index (χ0) is 19.2. The van der Waals surface area contributed by atoms with Gasteiger partial charge in [0.25, 0.3) is 0 Å². The highest BCUT2D eigenvalue weighted by Crippen LogP contribution is 2.32. The Morgan fingerprint density at radius 1 is 1.04 bits per heavy atom. The van der Waals surface area contributed by atoms with Crippen molar-refractivity contribution in [1.29, 1.82) is 0 Å². The Balaban J connectivity index is 1.82.